The van der Waals surface area contributed by atoms with Gasteiger partial charge in [-0.25, -0.2) is 4.39 Å². The van der Waals surface area contributed by atoms with Gasteiger partial charge in [-0.3, -0.25) is 14.9 Å². The number of nitrogens with one attached hydrogen (secondary N) is 1. The molecule has 0 fully saturated rings. The molecule has 2 aliphatic heterocycles. The Hall–Kier alpha value is -3.75. The molecule has 8 heteroatoms. The fourth-order valence-corrected chi connectivity index (χ4v) is 5.60. The average molecular weight is 501 g/mol. The number of likely N-dealkylation sites (N-methyl/N-ethyl adjacent to an activating group) is 1. The summed E-state index contributed by atoms with van der Waals surface area (Å²) < 4.78 is 25.8. The van der Waals surface area contributed by atoms with Crippen molar-refractivity contribution in [3.05, 3.63) is 72.1 Å². The number of rotatable bonds is 2. The maximum absolute atomic E-state index is 15.8. The quantitative estimate of drug-likeness (QED) is 0.425. The van der Waals surface area contributed by atoms with Crippen molar-refractivity contribution in [1.29, 1.82) is 0 Å². The molecule has 190 valence electrons. The third-order valence-electron chi connectivity index (χ3n) is 7.24. The van der Waals surface area contributed by atoms with E-state index in [1.165, 1.54) is 0 Å². The third kappa shape index (κ3) is 4.06. The Kier molecular flexibility index (Phi) is 5.93. The number of carbonyl (C=O) groups is 2. The number of para-hydroxylation sites is 2. The lowest BCUT2D eigenvalue weighted by Gasteiger charge is -2.25. The van der Waals surface area contributed by atoms with Gasteiger partial charge >= 0.3 is 0 Å². The second-order valence-electron chi connectivity index (χ2n) is 10.0. The van der Waals surface area contributed by atoms with Crippen molar-refractivity contribution in [3.63, 3.8) is 0 Å². The molecule has 0 aliphatic carbocycles. The fourth-order valence-electron chi connectivity index (χ4n) is 5.60. The van der Waals surface area contributed by atoms with E-state index in [1.807, 2.05) is 78.3 Å². The molecule has 2 aromatic carbocycles. The van der Waals surface area contributed by atoms with Crippen LogP contribution in [0, 0.1) is 0 Å². The zero-order chi connectivity index (χ0) is 25.7. The zero-order valence-corrected chi connectivity index (χ0v) is 20.9. The average Bonchev–Trinajstić information content (AvgIpc) is 3.51. The lowest BCUT2D eigenvalue weighted by Crippen LogP contribution is -2.38. The lowest BCUT2D eigenvalue weighted by atomic mass is 9.95. The summed E-state index contributed by atoms with van der Waals surface area (Å²) in [5.41, 5.74) is 3.80. The maximum Gasteiger partial charge on any atom is 0.259 e. The number of hydrogen-bond acceptors (Lipinski definition) is 4. The highest BCUT2D eigenvalue weighted by Gasteiger charge is 2.36. The minimum absolute atomic E-state index is 0.0782. The number of amides is 2. The van der Waals surface area contributed by atoms with Crippen LogP contribution in [0.2, 0.25) is 0 Å². The first kappa shape index (κ1) is 23.6. The molecule has 0 saturated heterocycles. The van der Waals surface area contributed by atoms with Crippen LogP contribution in [0.3, 0.4) is 0 Å². The predicted molar refractivity (Wildman–Crippen MR) is 142 cm³/mol. The Morgan fingerprint density at radius 2 is 1.49 bits per heavy atom. The molecule has 2 amide bonds. The van der Waals surface area contributed by atoms with Gasteiger partial charge in [0.25, 0.3) is 11.8 Å². The predicted octanol–water partition coefficient (Wildman–Crippen LogP) is 3.85. The molecular formula is C29H29FN4O3. The molecule has 0 radical (unpaired) electrons. The number of hydrogen-bond donors (Lipinski definition) is 1. The van der Waals surface area contributed by atoms with Crippen LogP contribution in [-0.2, 0) is 27.4 Å². The number of imide groups is 1. The van der Waals surface area contributed by atoms with Gasteiger partial charge in [0.2, 0.25) is 0 Å². The van der Waals surface area contributed by atoms with E-state index in [2.05, 4.69) is 9.88 Å². The zero-order valence-electron chi connectivity index (χ0n) is 20.9. The molecule has 4 heterocycles. The molecule has 4 aromatic rings. The van der Waals surface area contributed by atoms with E-state index in [0.717, 1.165) is 27.4 Å². The lowest BCUT2D eigenvalue weighted by molar-refractivity contribution is -0.122. The number of fused-ring (bicyclic) bond motifs is 12. The molecule has 0 unspecified atom stereocenters. The number of benzene rings is 2. The number of aromatic nitrogens is 2. The summed E-state index contributed by atoms with van der Waals surface area (Å²) in [6, 6.07) is 15.5. The molecule has 7 nitrogen and oxygen atoms in total. The van der Waals surface area contributed by atoms with Gasteiger partial charge in [0.1, 0.15) is 12.3 Å². The molecule has 0 spiro atoms. The van der Waals surface area contributed by atoms with Gasteiger partial charge in [0.15, 0.2) is 0 Å². The molecule has 2 aliphatic rings. The SMILES string of the molecule is CN(C)C[C@H]1OCCCn2cc(c3ccccc32)C2=C(C(=O)NC2=O)c2cn(c3ccccc23)C[C@H]1F. The van der Waals surface area contributed by atoms with Gasteiger partial charge in [-0.05, 0) is 32.6 Å². The largest absolute Gasteiger partial charge is 0.374 e. The molecule has 0 saturated carbocycles. The summed E-state index contributed by atoms with van der Waals surface area (Å²) in [7, 11) is 3.82. The van der Waals surface area contributed by atoms with Gasteiger partial charge in [-0.2, -0.15) is 0 Å². The standard InChI is InChI=1S/C29H29FN4O3/c1-32(2)17-25-22(30)16-34-15-21(19-9-4-6-11-24(19)34)27-26(28(35)31-29(27)36)20-14-33(12-7-13-37-25)23-10-5-3-8-18(20)23/h3-6,8-11,14-15,22,25H,7,12-13,16-17H2,1-2H3,(H,31,35,36)/t22-,25-/m1/s1. The van der Waals surface area contributed by atoms with Gasteiger partial charge in [0.05, 0.1) is 17.7 Å². The first-order valence-electron chi connectivity index (χ1n) is 12.6. The fraction of sp³-hybridized carbons (Fsp3) is 0.310. The summed E-state index contributed by atoms with van der Waals surface area (Å²) in [6.45, 7) is 1.58. The van der Waals surface area contributed by atoms with Crippen LogP contribution in [-0.4, -0.2) is 65.4 Å². The normalized spacial score (nSPS) is 20.9. The van der Waals surface area contributed by atoms with Crippen molar-refractivity contribution in [3.8, 4) is 0 Å². The van der Waals surface area contributed by atoms with E-state index in [1.54, 1.807) is 6.20 Å². The molecule has 4 bridgehead atoms. The van der Waals surface area contributed by atoms with Crippen molar-refractivity contribution < 1.29 is 18.7 Å². The van der Waals surface area contributed by atoms with Gasteiger partial charge < -0.3 is 18.8 Å². The minimum Gasteiger partial charge on any atom is -0.374 e. The summed E-state index contributed by atoms with van der Waals surface area (Å²) in [5, 5.41) is 4.22. The van der Waals surface area contributed by atoms with Gasteiger partial charge in [-0.15, -0.1) is 0 Å². The van der Waals surface area contributed by atoms with E-state index in [-0.39, 0.29) is 6.54 Å². The van der Waals surface area contributed by atoms with Crippen LogP contribution in [0.1, 0.15) is 17.5 Å². The summed E-state index contributed by atoms with van der Waals surface area (Å²) >= 11 is 0. The van der Waals surface area contributed by atoms with Crippen LogP contribution in [0.5, 0.6) is 0 Å². The van der Waals surface area contributed by atoms with E-state index < -0.39 is 24.1 Å². The van der Waals surface area contributed by atoms with Crippen molar-refractivity contribution in [2.45, 2.75) is 31.8 Å². The van der Waals surface area contributed by atoms with Crippen LogP contribution in [0.4, 0.5) is 4.39 Å². The molecule has 1 N–H and O–H groups in total. The molecule has 37 heavy (non-hydrogen) atoms. The highest BCUT2D eigenvalue weighted by Crippen LogP contribution is 2.39. The Morgan fingerprint density at radius 1 is 0.919 bits per heavy atom. The summed E-state index contributed by atoms with van der Waals surface area (Å²) in [4.78, 5) is 28.4. The molecule has 6 rings (SSSR count). The monoisotopic (exact) mass is 500 g/mol. The van der Waals surface area contributed by atoms with Crippen molar-refractivity contribution in [2.75, 3.05) is 27.2 Å². The maximum atomic E-state index is 15.8. The molecule has 2 atom stereocenters. The number of aryl methyl sites for hydroxylation is 1. The topological polar surface area (TPSA) is 68.5 Å². The van der Waals surface area contributed by atoms with Crippen LogP contribution in [0.25, 0.3) is 33.0 Å². The number of ether oxygens (including phenoxy) is 1. The van der Waals surface area contributed by atoms with Crippen LogP contribution in [0.15, 0.2) is 60.9 Å². The third-order valence-corrected chi connectivity index (χ3v) is 7.24. The Morgan fingerprint density at radius 3 is 2.11 bits per heavy atom. The molecular weight excluding hydrogens is 471 g/mol. The summed E-state index contributed by atoms with van der Waals surface area (Å²) in [6.07, 6.45) is 2.57. The van der Waals surface area contributed by atoms with E-state index in [4.69, 9.17) is 4.74 Å². The van der Waals surface area contributed by atoms with Crippen LogP contribution >= 0.6 is 0 Å². The Labute approximate surface area is 214 Å². The summed E-state index contributed by atoms with van der Waals surface area (Å²) in [5.74, 6) is -0.850. The second kappa shape index (κ2) is 9.28. The van der Waals surface area contributed by atoms with E-state index in [0.29, 0.717) is 42.8 Å². The van der Waals surface area contributed by atoms with Crippen LogP contribution < -0.4 is 5.32 Å². The van der Waals surface area contributed by atoms with E-state index >= 15 is 4.39 Å². The Balaban J connectivity index is 1.61. The first-order valence-corrected chi connectivity index (χ1v) is 12.6. The smallest absolute Gasteiger partial charge is 0.259 e. The van der Waals surface area contributed by atoms with Crippen molar-refractivity contribution >= 4 is 44.8 Å². The highest BCUT2D eigenvalue weighted by atomic mass is 19.1. The van der Waals surface area contributed by atoms with Crippen molar-refractivity contribution in [1.82, 2.24) is 19.4 Å². The number of halogens is 1. The van der Waals surface area contributed by atoms with Gasteiger partial charge in [-0.1, -0.05) is 36.4 Å². The van der Waals surface area contributed by atoms with Gasteiger partial charge in [0, 0.05) is 65.0 Å². The minimum atomic E-state index is -1.26. The number of carbonyl (C=O) groups excluding carboxylic acids is 2. The van der Waals surface area contributed by atoms with E-state index in [9.17, 15) is 9.59 Å². The van der Waals surface area contributed by atoms with Crippen molar-refractivity contribution in [2.24, 2.45) is 0 Å². The molecule has 2 aromatic heterocycles. The number of nitrogens with zero attached hydrogens (tertiary/aromatic N) is 3. The highest BCUT2D eigenvalue weighted by molar-refractivity contribution is 6.50. The number of alkyl halides is 1. The second-order valence-corrected chi connectivity index (χ2v) is 10.0. The first-order chi connectivity index (χ1) is 17.9. The Bertz CT molecular complexity index is 1560.